The molecule has 0 heterocycles. The standard InChI is InChI=1S/C12H12FNO3/c1-8(15)12(5-6-12)7-9-3-2-4-10(11(9)13)14(16)17/h2-4H,5-7H2,1H3. The number of Topliss-reactive ketones (excluding diaryl/α,β-unsaturated/α-hetero) is 1. The maximum absolute atomic E-state index is 13.8. The Balaban J connectivity index is 2.31. The number of carbonyl (C=O) groups is 1. The third-order valence-electron chi connectivity index (χ3n) is 3.38. The predicted molar refractivity (Wildman–Crippen MR) is 59.1 cm³/mol. The van der Waals surface area contributed by atoms with Gasteiger partial charge in [0, 0.05) is 11.5 Å². The van der Waals surface area contributed by atoms with E-state index in [0.717, 1.165) is 18.9 Å². The van der Waals surface area contributed by atoms with E-state index in [-0.39, 0.29) is 17.8 Å². The molecular formula is C12H12FNO3. The average Bonchev–Trinajstić information content (AvgIpc) is 3.02. The molecule has 0 bridgehead atoms. The molecule has 0 unspecified atom stereocenters. The molecular weight excluding hydrogens is 225 g/mol. The van der Waals surface area contributed by atoms with Gasteiger partial charge >= 0.3 is 5.69 Å². The van der Waals surface area contributed by atoms with Gasteiger partial charge in [0.1, 0.15) is 5.78 Å². The summed E-state index contributed by atoms with van der Waals surface area (Å²) in [5.41, 5.74) is -0.746. The highest BCUT2D eigenvalue weighted by Crippen LogP contribution is 2.49. The Morgan fingerprint density at radius 2 is 2.18 bits per heavy atom. The Bertz CT molecular complexity index is 495. The second-order valence-corrected chi connectivity index (χ2v) is 4.52. The van der Waals surface area contributed by atoms with Crippen molar-refractivity contribution < 1.29 is 14.1 Å². The first-order chi connectivity index (χ1) is 7.96. The van der Waals surface area contributed by atoms with E-state index in [9.17, 15) is 19.3 Å². The first-order valence-electron chi connectivity index (χ1n) is 5.39. The number of rotatable bonds is 4. The lowest BCUT2D eigenvalue weighted by Crippen LogP contribution is -2.16. The van der Waals surface area contributed by atoms with Crippen molar-refractivity contribution in [3.63, 3.8) is 0 Å². The van der Waals surface area contributed by atoms with Crippen molar-refractivity contribution >= 4 is 11.5 Å². The van der Waals surface area contributed by atoms with E-state index in [0.29, 0.717) is 0 Å². The molecule has 1 aromatic rings. The summed E-state index contributed by atoms with van der Waals surface area (Å²) in [5, 5.41) is 10.6. The van der Waals surface area contributed by atoms with Crippen LogP contribution < -0.4 is 0 Å². The highest BCUT2D eigenvalue weighted by atomic mass is 19.1. The van der Waals surface area contributed by atoms with E-state index in [1.165, 1.54) is 19.1 Å². The molecule has 1 aliphatic carbocycles. The Kier molecular flexibility index (Phi) is 2.69. The van der Waals surface area contributed by atoms with Crippen molar-refractivity contribution in [1.29, 1.82) is 0 Å². The SMILES string of the molecule is CC(=O)C1(Cc2cccc([N+](=O)[O-])c2F)CC1. The molecule has 0 atom stereocenters. The lowest BCUT2D eigenvalue weighted by atomic mass is 9.92. The normalized spacial score (nSPS) is 16.6. The summed E-state index contributed by atoms with van der Waals surface area (Å²) in [4.78, 5) is 21.2. The number of nitro benzene ring substituents is 1. The van der Waals surface area contributed by atoms with Gasteiger partial charge in [-0.2, -0.15) is 4.39 Å². The molecule has 2 rings (SSSR count). The number of halogens is 1. The van der Waals surface area contributed by atoms with Gasteiger partial charge in [0.2, 0.25) is 5.82 Å². The Labute approximate surface area is 97.6 Å². The monoisotopic (exact) mass is 237 g/mol. The van der Waals surface area contributed by atoms with Crippen molar-refractivity contribution in [2.75, 3.05) is 0 Å². The number of nitrogens with zero attached hydrogens (tertiary/aromatic N) is 1. The Morgan fingerprint density at radius 1 is 1.53 bits per heavy atom. The molecule has 4 nitrogen and oxygen atoms in total. The smallest absolute Gasteiger partial charge is 0.299 e. The van der Waals surface area contributed by atoms with Crippen LogP contribution in [0.2, 0.25) is 0 Å². The van der Waals surface area contributed by atoms with Crippen LogP contribution in [0.25, 0.3) is 0 Å². The van der Waals surface area contributed by atoms with Gasteiger partial charge in [-0.1, -0.05) is 12.1 Å². The summed E-state index contributed by atoms with van der Waals surface area (Å²) in [6.45, 7) is 1.49. The van der Waals surface area contributed by atoms with E-state index >= 15 is 0 Å². The summed E-state index contributed by atoms with van der Waals surface area (Å²) in [6.07, 6.45) is 1.74. The van der Waals surface area contributed by atoms with Crippen LogP contribution >= 0.6 is 0 Å². The topological polar surface area (TPSA) is 60.2 Å². The van der Waals surface area contributed by atoms with E-state index in [1.807, 2.05) is 0 Å². The van der Waals surface area contributed by atoms with E-state index in [1.54, 1.807) is 0 Å². The maximum Gasteiger partial charge on any atom is 0.305 e. The largest absolute Gasteiger partial charge is 0.305 e. The molecule has 0 amide bonds. The van der Waals surface area contributed by atoms with E-state index < -0.39 is 21.8 Å². The second kappa shape index (κ2) is 3.91. The average molecular weight is 237 g/mol. The summed E-state index contributed by atoms with van der Waals surface area (Å²) in [7, 11) is 0. The van der Waals surface area contributed by atoms with Gasteiger partial charge < -0.3 is 0 Å². The van der Waals surface area contributed by atoms with Crippen molar-refractivity contribution in [1.82, 2.24) is 0 Å². The molecule has 1 fully saturated rings. The van der Waals surface area contributed by atoms with Gasteiger partial charge in [-0.25, -0.2) is 0 Å². The Morgan fingerprint density at radius 3 is 2.65 bits per heavy atom. The molecule has 1 aromatic carbocycles. The Hall–Kier alpha value is -1.78. The minimum Gasteiger partial charge on any atom is -0.299 e. The number of carbonyl (C=O) groups excluding carboxylic acids is 1. The van der Waals surface area contributed by atoms with Crippen LogP contribution in [0.15, 0.2) is 18.2 Å². The first-order valence-corrected chi connectivity index (χ1v) is 5.39. The zero-order chi connectivity index (χ0) is 12.6. The van der Waals surface area contributed by atoms with Crippen LogP contribution in [0.5, 0.6) is 0 Å². The number of hydrogen-bond acceptors (Lipinski definition) is 3. The molecule has 90 valence electrons. The van der Waals surface area contributed by atoms with E-state index in [2.05, 4.69) is 0 Å². The molecule has 17 heavy (non-hydrogen) atoms. The number of nitro groups is 1. The van der Waals surface area contributed by atoms with Gasteiger partial charge in [-0.15, -0.1) is 0 Å². The van der Waals surface area contributed by atoms with E-state index in [4.69, 9.17) is 0 Å². The fourth-order valence-corrected chi connectivity index (χ4v) is 2.01. The minimum atomic E-state index is -0.815. The van der Waals surface area contributed by atoms with Crippen LogP contribution in [-0.4, -0.2) is 10.7 Å². The summed E-state index contributed by atoms with van der Waals surface area (Å²) in [5.74, 6) is -0.784. The molecule has 0 aliphatic heterocycles. The number of benzene rings is 1. The fourth-order valence-electron chi connectivity index (χ4n) is 2.01. The summed E-state index contributed by atoms with van der Waals surface area (Å²) in [6, 6.07) is 4.09. The predicted octanol–water partition coefficient (Wildman–Crippen LogP) is 2.65. The highest BCUT2D eigenvalue weighted by molar-refractivity contribution is 5.85. The van der Waals surface area contributed by atoms with Crippen LogP contribution in [0.1, 0.15) is 25.3 Å². The second-order valence-electron chi connectivity index (χ2n) is 4.52. The van der Waals surface area contributed by atoms with Gasteiger partial charge in [-0.05, 0) is 31.7 Å². The van der Waals surface area contributed by atoms with Gasteiger partial charge in [0.15, 0.2) is 0 Å². The van der Waals surface area contributed by atoms with Gasteiger partial charge in [0.25, 0.3) is 0 Å². The third kappa shape index (κ3) is 2.05. The molecule has 0 N–H and O–H groups in total. The molecule has 5 heteroatoms. The highest BCUT2D eigenvalue weighted by Gasteiger charge is 2.47. The zero-order valence-electron chi connectivity index (χ0n) is 9.40. The molecule has 1 saturated carbocycles. The summed E-state index contributed by atoms with van der Waals surface area (Å²) < 4.78 is 13.8. The molecule has 0 saturated heterocycles. The van der Waals surface area contributed by atoms with Crippen molar-refractivity contribution in [3.8, 4) is 0 Å². The van der Waals surface area contributed by atoms with Crippen LogP contribution in [0.4, 0.5) is 10.1 Å². The zero-order valence-corrected chi connectivity index (χ0v) is 9.40. The molecule has 0 spiro atoms. The number of hydrogen-bond donors (Lipinski definition) is 0. The first kappa shape index (κ1) is 11.7. The van der Waals surface area contributed by atoms with Gasteiger partial charge in [-0.3, -0.25) is 14.9 Å². The molecule has 1 aliphatic rings. The number of ketones is 1. The van der Waals surface area contributed by atoms with Crippen LogP contribution in [0, 0.1) is 21.3 Å². The van der Waals surface area contributed by atoms with Crippen molar-refractivity contribution in [2.24, 2.45) is 5.41 Å². The van der Waals surface area contributed by atoms with Crippen molar-refractivity contribution in [3.05, 3.63) is 39.7 Å². The van der Waals surface area contributed by atoms with Crippen LogP contribution in [0.3, 0.4) is 0 Å². The van der Waals surface area contributed by atoms with Gasteiger partial charge in [0.05, 0.1) is 4.92 Å². The maximum atomic E-state index is 13.8. The molecule has 0 radical (unpaired) electrons. The van der Waals surface area contributed by atoms with Crippen LogP contribution in [-0.2, 0) is 11.2 Å². The lowest BCUT2D eigenvalue weighted by molar-refractivity contribution is -0.387. The molecule has 0 aromatic heterocycles. The lowest BCUT2D eigenvalue weighted by Gasteiger charge is -2.11. The summed E-state index contributed by atoms with van der Waals surface area (Å²) >= 11 is 0. The third-order valence-corrected chi connectivity index (χ3v) is 3.38. The minimum absolute atomic E-state index is 0.0309. The fraction of sp³-hybridized carbons (Fsp3) is 0.417. The van der Waals surface area contributed by atoms with Crippen molar-refractivity contribution in [2.45, 2.75) is 26.2 Å². The quantitative estimate of drug-likeness (QED) is 0.597.